The summed E-state index contributed by atoms with van der Waals surface area (Å²) in [6.45, 7) is 0.282. The Bertz CT molecular complexity index is 537. The lowest BCUT2D eigenvalue weighted by Crippen LogP contribution is -2.15. The van der Waals surface area contributed by atoms with Gasteiger partial charge in [-0.1, -0.05) is 41.9 Å². The largest absolute Gasteiger partial charge is 0.387 e. The predicted molar refractivity (Wildman–Crippen MR) is 74.7 cm³/mol. The van der Waals surface area contributed by atoms with Gasteiger partial charge >= 0.3 is 0 Å². The number of aliphatic hydroxyl groups excluding tert-OH is 1. The summed E-state index contributed by atoms with van der Waals surface area (Å²) in [5.41, 5.74) is 3.15. The minimum absolute atomic E-state index is 0.251. The van der Waals surface area contributed by atoms with E-state index in [1.54, 1.807) is 0 Å². The van der Waals surface area contributed by atoms with Crippen LogP contribution >= 0.6 is 11.6 Å². The number of aliphatic hydroxyl groups is 1. The second kappa shape index (κ2) is 6.33. The number of hydrogen-bond acceptors (Lipinski definition) is 6. The van der Waals surface area contributed by atoms with Crippen LogP contribution in [0.25, 0.3) is 0 Å². The van der Waals surface area contributed by atoms with E-state index in [1.165, 1.54) is 6.20 Å². The van der Waals surface area contributed by atoms with Gasteiger partial charge in [-0.2, -0.15) is 4.98 Å². The number of hydrazine groups is 1. The van der Waals surface area contributed by atoms with Gasteiger partial charge in [-0.3, -0.25) is 5.43 Å². The van der Waals surface area contributed by atoms with Gasteiger partial charge in [0.15, 0.2) is 5.82 Å². The summed E-state index contributed by atoms with van der Waals surface area (Å²) in [5.74, 6) is 5.89. The SMILES string of the molecule is NNc1ncc(Cl)c(NCC(O)c2ccccc2)n1. The first-order chi connectivity index (χ1) is 9.20. The number of aromatic nitrogens is 2. The minimum Gasteiger partial charge on any atom is -0.387 e. The van der Waals surface area contributed by atoms with E-state index in [4.69, 9.17) is 17.4 Å². The molecule has 0 radical (unpaired) electrons. The van der Waals surface area contributed by atoms with Crippen LogP contribution in [0.2, 0.25) is 5.02 Å². The fourth-order valence-electron chi connectivity index (χ4n) is 1.55. The zero-order chi connectivity index (χ0) is 13.7. The standard InChI is InChI=1S/C12H14ClN5O/c13-9-6-16-12(18-14)17-11(9)15-7-10(19)8-4-2-1-3-5-8/h1-6,10,19H,7,14H2,(H2,15,16,17,18). The second-order valence-electron chi connectivity index (χ2n) is 3.84. The Morgan fingerprint density at radius 3 is 2.74 bits per heavy atom. The Labute approximate surface area is 115 Å². The third-order valence-electron chi connectivity index (χ3n) is 2.52. The third kappa shape index (κ3) is 3.54. The maximum absolute atomic E-state index is 10.0. The van der Waals surface area contributed by atoms with Crippen molar-refractivity contribution in [3.8, 4) is 0 Å². The van der Waals surface area contributed by atoms with Gasteiger partial charge in [-0.15, -0.1) is 0 Å². The molecule has 5 N–H and O–H groups in total. The van der Waals surface area contributed by atoms with Crippen molar-refractivity contribution < 1.29 is 5.11 Å². The lowest BCUT2D eigenvalue weighted by molar-refractivity contribution is 0.191. The molecular formula is C12H14ClN5O. The van der Waals surface area contributed by atoms with Gasteiger partial charge in [-0.25, -0.2) is 10.8 Å². The molecule has 2 rings (SSSR count). The van der Waals surface area contributed by atoms with Crippen LogP contribution in [0.1, 0.15) is 11.7 Å². The molecule has 100 valence electrons. The molecule has 0 bridgehead atoms. The number of benzene rings is 1. The van der Waals surface area contributed by atoms with Crippen LogP contribution in [-0.4, -0.2) is 21.6 Å². The van der Waals surface area contributed by atoms with Crippen molar-refractivity contribution in [2.75, 3.05) is 17.3 Å². The maximum Gasteiger partial charge on any atom is 0.239 e. The van der Waals surface area contributed by atoms with E-state index >= 15 is 0 Å². The second-order valence-corrected chi connectivity index (χ2v) is 4.25. The van der Waals surface area contributed by atoms with E-state index in [0.717, 1.165) is 5.56 Å². The highest BCUT2D eigenvalue weighted by Crippen LogP contribution is 2.20. The van der Waals surface area contributed by atoms with Gasteiger partial charge in [0, 0.05) is 6.54 Å². The Hall–Kier alpha value is -1.89. The number of hydrogen-bond donors (Lipinski definition) is 4. The Kier molecular flexibility index (Phi) is 4.51. The number of nitrogens with zero attached hydrogens (tertiary/aromatic N) is 2. The molecule has 1 aromatic heterocycles. The zero-order valence-corrected chi connectivity index (χ0v) is 10.8. The predicted octanol–water partition coefficient (Wildman–Crippen LogP) is 1.56. The van der Waals surface area contributed by atoms with Gasteiger partial charge < -0.3 is 10.4 Å². The quantitative estimate of drug-likeness (QED) is 0.490. The molecule has 19 heavy (non-hydrogen) atoms. The smallest absolute Gasteiger partial charge is 0.239 e. The molecule has 0 fully saturated rings. The monoisotopic (exact) mass is 279 g/mol. The molecular weight excluding hydrogens is 266 g/mol. The van der Waals surface area contributed by atoms with E-state index in [1.807, 2.05) is 30.3 Å². The molecule has 1 unspecified atom stereocenters. The van der Waals surface area contributed by atoms with Crippen molar-refractivity contribution in [2.45, 2.75) is 6.10 Å². The Morgan fingerprint density at radius 1 is 1.32 bits per heavy atom. The maximum atomic E-state index is 10.0. The molecule has 0 saturated carbocycles. The first kappa shape index (κ1) is 13.5. The van der Waals surface area contributed by atoms with Crippen LogP contribution in [-0.2, 0) is 0 Å². The molecule has 1 aromatic carbocycles. The van der Waals surface area contributed by atoms with Crippen molar-refractivity contribution in [1.82, 2.24) is 9.97 Å². The molecule has 0 aliphatic rings. The van der Waals surface area contributed by atoms with E-state index in [-0.39, 0.29) is 12.5 Å². The van der Waals surface area contributed by atoms with Crippen molar-refractivity contribution in [2.24, 2.45) is 5.84 Å². The number of nitrogens with two attached hydrogens (primary N) is 1. The van der Waals surface area contributed by atoms with Crippen molar-refractivity contribution >= 4 is 23.4 Å². The molecule has 1 atom stereocenters. The molecule has 2 aromatic rings. The van der Waals surface area contributed by atoms with Crippen molar-refractivity contribution in [3.05, 3.63) is 47.1 Å². The summed E-state index contributed by atoms with van der Waals surface area (Å²) in [6.07, 6.45) is 0.780. The fourth-order valence-corrected chi connectivity index (χ4v) is 1.70. The number of nitrogen functional groups attached to an aromatic ring is 1. The van der Waals surface area contributed by atoms with Crippen LogP contribution in [0, 0.1) is 0 Å². The van der Waals surface area contributed by atoms with E-state index in [0.29, 0.717) is 10.8 Å². The molecule has 7 heteroatoms. The zero-order valence-electron chi connectivity index (χ0n) is 10.0. The summed E-state index contributed by atoms with van der Waals surface area (Å²) in [7, 11) is 0. The van der Waals surface area contributed by atoms with Gasteiger partial charge in [0.2, 0.25) is 5.95 Å². The first-order valence-corrected chi connectivity index (χ1v) is 6.04. The normalized spacial score (nSPS) is 11.9. The summed E-state index contributed by atoms with van der Waals surface area (Å²) >= 11 is 5.94. The fraction of sp³-hybridized carbons (Fsp3) is 0.167. The van der Waals surface area contributed by atoms with E-state index in [2.05, 4.69) is 20.7 Å². The van der Waals surface area contributed by atoms with Crippen molar-refractivity contribution in [3.63, 3.8) is 0 Å². The van der Waals surface area contributed by atoms with Gasteiger partial charge in [0.25, 0.3) is 0 Å². The summed E-state index contributed by atoms with van der Waals surface area (Å²) in [4.78, 5) is 7.92. The number of halogens is 1. The number of anilines is 2. The lowest BCUT2D eigenvalue weighted by atomic mass is 10.1. The average molecular weight is 280 g/mol. The topological polar surface area (TPSA) is 96.1 Å². The molecule has 0 spiro atoms. The average Bonchev–Trinajstić information content (AvgIpc) is 2.47. The minimum atomic E-state index is -0.651. The van der Waals surface area contributed by atoms with Crippen LogP contribution < -0.4 is 16.6 Å². The molecule has 0 aliphatic carbocycles. The highest BCUT2D eigenvalue weighted by Gasteiger charge is 2.09. The molecule has 0 aliphatic heterocycles. The molecule has 6 nitrogen and oxygen atoms in total. The van der Waals surface area contributed by atoms with Gasteiger partial charge in [0.1, 0.15) is 5.02 Å². The highest BCUT2D eigenvalue weighted by atomic mass is 35.5. The number of rotatable bonds is 5. The summed E-state index contributed by atoms with van der Waals surface area (Å²) in [6, 6.07) is 9.32. The van der Waals surface area contributed by atoms with Gasteiger partial charge in [0.05, 0.1) is 12.3 Å². The summed E-state index contributed by atoms with van der Waals surface area (Å²) < 4.78 is 0. The van der Waals surface area contributed by atoms with Crippen LogP contribution in [0.15, 0.2) is 36.5 Å². The van der Waals surface area contributed by atoms with E-state index in [9.17, 15) is 5.11 Å². The number of nitrogens with one attached hydrogen (secondary N) is 2. The first-order valence-electron chi connectivity index (χ1n) is 5.66. The Morgan fingerprint density at radius 2 is 2.05 bits per heavy atom. The van der Waals surface area contributed by atoms with Crippen LogP contribution in [0.5, 0.6) is 0 Å². The molecule has 1 heterocycles. The Balaban J connectivity index is 2.02. The van der Waals surface area contributed by atoms with Crippen molar-refractivity contribution in [1.29, 1.82) is 0 Å². The van der Waals surface area contributed by atoms with E-state index < -0.39 is 6.10 Å². The lowest BCUT2D eigenvalue weighted by Gasteiger charge is -2.13. The molecule has 0 saturated heterocycles. The highest BCUT2D eigenvalue weighted by molar-refractivity contribution is 6.32. The summed E-state index contributed by atoms with van der Waals surface area (Å²) in [5, 5.41) is 13.3. The van der Waals surface area contributed by atoms with Crippen LogP contribution in [0.4, 0.5) is 11.8 Å². The molecule has 0 amide bonds. The van der Waals surface area contributed by atoms with Crippen LogP contribution in [0.3, 0.4) is 0 Å². The van der Waals surface area contributed by atoms with Gasteiger partial charge in [-0.05, 0) is 5.56 Å². The third-order valence-corrected chi connectivity index (χ3v) is 2.80.